The van der Waals surface area contributed by atoms with Gasteiger partial charge in [0.2, 0.25) is 0 Å². The van der Waals surface area contributed by atoms with Crippen LogP contribution in [0.2, 0.25) is 0 Å². The minimum atomic E-state index is -0.0473. The number of nitrogens with one attached hydrogen (secondary N) is 1. The van der Waals surface area contributed by atoms with Crippen molar-refractivity contribution in [3.8, 4) is 5.75 Å². The molecular formula is C14H20BrN5O. The summed E-state index contributed by atoms with van der Waals surface area (Å²) in [6.07, 6.45) is 2.24. The van der Waals surface area contributed by atoms with Crippen molar-refractivity contribution in [1.82, 2.24) is 20.2 Å². The number of halogens is 1. The van der Waals surface area contributed by atoms with Crippen LogP contribution in [0.15, 0.2) is 29.0 Å². The highest BCUT2D eigenvalue weighted by molar-refractivity contribution is 9.10. The normalized spacial score (nSPS) is 12.7. The van der Waals surface area contributed by atoms with E-state index in [0.717, 1.165) is 21.6 Å². The fourth-order valence-electron chi connectivity index (χ4n) is 2.21. The molecule has 0 aliphatic rings. The van der Waals surface area contributed by atoms with E-state index in [1.54, 1.807) is 13.4 Å². The lowest BCUT2D eigenvalue weighted by atomic mass is 10.0. The lowest BCUT2D eigenvalue weighted by molar-refractivity contribution is 0.411. The van der Waals surface area contributed by atoms with E-state index in [-0.39, 0.29) is 12.1 Å². The first-order chi connectivity index (χ1) is 10.1. The number of methoxy groups -OCH3 is 1. The van der Waals surface area contributed by atoms with E-state index in [1.165, 1.54) is 0 Å². The first-order valence-electron chi connectivity index (χ1n) is 6.74. The van der Waals surface area contributed by atoms with Gasteiger partial charge in [0.05, 0.1) is 17.6 Å². The second kappa shape index (κ2) is 7.02. The van der Waals surface area contributed by atoms with Crippen LogP contribution in [-0.4, -0.2) is 21.9 Å². The van der Waals surface area contributed by atoms with Gasteiger partial charge in [-0.25, -0.2) is 9.67 Å². The Bertz CT molecular complexity index is 599. The van der Waals surface area contributed by atoms with Gasteiger partial charge in [0.15, 0.2) is 0 Å². The van der Waals surface area contributed by atoms with E-state index >= 15 is 0 Å². The third-order valence-electron chi connectivity index (χ3n) is 3.30. The van der Waals surface area contributed by atoms with Crippen LogP contribution < -0.4 is 16.0 Å². The van der Waals surface area contributed by atoms with E-state index in [2.05, 4.69) is 45.3 Å². The maximum absolute atomic E-state index is 5.71. The predicted molar refractivity (Wildman–Crippen MR) is 84.9 cm³/mol. The van der Waals surface area contributed by atoms with Crippen LogP contribution in [0, 0.1) is 0 Å². The summed E-state index contributed by atoms with van der Waals surface area (Å²) in [6.45, 7) is 4.15. The molecule has 2 aromatic rings. The van der Waals surface area contributed by atoms with Crippen molar-refractivity contribution in [3.63, 3.8) is 0 Å². The van der Waals surface area contributed by atoms with E-state index in [1.807, 2.05) is 22.9 Å². The smallest absolute Gasteiger partial charge is 0.138 e. The molecule has 1 atom stereocenters. The molecule has 0 bridgehead atoms. The fraction of sp³-hybridized carbons (Fsp3) is 0.429. The second-order valence-electron chi connectivity index (χ2n) is 5.03. The molecule has 114 valence electrons. The van der Waals surface area contributed by atoms with Crippen LogP contribution >= 0.6 is 15.9 Å². The van der Waals surface area contributed by atoms with E-state index < -0.39 is 0 Å². The third-order valence-corrected chi connectivity index (χ3v) is 3.92. The fourth-order valence-corrected chi connectivity index (χ4v) is 2.76. The van der Waals surface area contributed by atoms with Gasteiger partial charge >= 0.3 is 0 Å². The molecule has 1 aromatic carbocycles. The molecule has 0 saturated heterocycles. The Balaban J connectivity index is 2.23. The molecule has 21 heavy (non-hydrogen) atoms. The summed E-state index contributed by atoms with van der Waals surface area (Å²) < 4.78 is 8.05. The van der Waals surface area contributed by atoms with Gasteiger partial charge < -0.3 is 4.74 Å². The molecule has 1 heterocycles. The number of hydrazine groups is 1. The molecule has 0 aliphatic heterocycles. The van der Waals surface area contributed by atoms with E-state index in [9.17, 15) is 0 Å². The van der Waals surface area contributed by atoms with Crippen LogP contribution in [0.5, 0.6) is 5.75 Å². The number of rotatable bonds is 6. The number of hydrogen-bond acceptors (Lipinski definition) is 5. The Hall–Kier alpha value is -1.44. The van der Waals surface area contributed by atoms with E-state index in [4.69, 9.17) is 10.6 Å². The average molecular weight is 354 g/mol. The van der Waals surface area contributed by atoms with Crippen LogP contribution in [0.25, 0.3) is 0 Å². The molecule has 3 N–H and O–H groups in total. The highest BCUT2D eigenvalue weighted by Gasteiger charge is 2.17. The summed E-state index contributed by atoms with van der Waals surface area (Å²) in [7, 11) is 1.64. The predicted octanol–water partition coefficient (Wildman–Crippen LogP) is 2.38. The highest BCUT2D eigenvalue weighted by Crippen LogP contribution is 2.29. The number of benzene rings is 1. The standard InChI is InChI=1S/C14H20BrN5O/c1-9(2)20-14(17-8-18-20)7-12(19-16)10-4-5-13(21-3)11(15)6-10/h4-6,8-9,12,19H,7,16H2,1-3H3. The van der Waals surface area contributed by atoms with Crippen LogP contribution in [-0.2, 0) is 6.42 Å². The second-order valence-corrected chi connectivity index (χ2v) is 5.89. The van der Waals surface area contributed by atoms with Gasteiger partial charge in [0, 0.05) is 12.5 Å². The molecule has 1 unspecified atom stereocenters. The molecule has 2 rings (SSSR count). The third kappa shape index (κ3) is 3.61. The first-order valence-corrected chi connectivity index (χ1v) is 7.54. The van der Waals surface area contributed by atoms with Gasteiger partial charge in [-0.05, 0) is 47.5 Å². The van der Waals surface area contributed by atoms with Crippen LogP contribution in [0.3, 0.4) is 0 Å². The Morgan fingerprint density at radius 3 is 2.76 bits per heavy atom. The largest absolute Gasteiger partial charge is 0.496 e. The van der Waals surface area contributed by atoms with Crippen molar-refractivity contribution in [1.29, 1.82) is 0 Å². The summed E-state index contributed by atoms with van der Waals surface area (Å²) in [5, 5.41) is 4.25. The van der Waals surface area contributed by atoms with Gasteiger partial charge in [-0.2, -0.15) is 5.10 Å². The van der Waals surface area contributed by atoms with Gasteiger partial charge in [0.25, 0.3) is 0 Å². The molecule has 0 fully saturated rings. The maximum atomic E-state index is 5.71. The Kier molecular flexibility index (Phi) is 5.33. The minimum Gasteiger partial charge on any atom is -0.496 e. The SMILES string of the molecule is COc1ccc(C(Cc2ncnn2C(C)C)NN)cc1Br. The number of nitrogens with two attached hydrogens (primary N) is 1. The molecule has 0 spiro atoms. The number of aromatic nitrogens is 3. The van der Waals surface area contributed by atoms with Crippen LogP contribution in [0.1, 0.15) is 37.3 Å². The lowest BCUT2D eigenvalue weighted by Crippen LogP contribution is -2.30. The minimum absolute atomic E-state index is 0.0473. The van der Waals surface area contributed by atoms with Gasteiger partial charge in [-0.15, -0.1) is 0 Å². The molecule has 1 aromatic heterocycles. The summed E-state index contributed by atoms with van der Waals surface area (Å²) in [6, 6.07) is 6.12. The molecule has 0 saturated carbocycles. The van der Waals surface area contributed by atoms with Crippen molar-refractivity contribution in [2.24, 2.45) is 5.84 Å². The Labute approximate surface area is 132 Å². The number of ether oxygens (including phenoxy) is 1. The number of nitrogens with zero attached hydrogens (tertiary/aromatic N) is 3. The zero-order valence-electron chi connectivity index (χ0n) is 12.4. The van der Waals surface area contributed by atoms with Crippen molar-refractivity contribution in [2.75, 3.05) is 7.11 Å². The molecular weight excluding hydrogens is 334 g/mol. The Morgan fingerprint density at radius 1 is 1.43 bits per heavy atom. The van der Waals surface area contributed by atoms with Crippen LogP contribution in [0.4, 0.5) is 0 Å². The lowest BCUT2D eigenvalue weighted by Gasteiger charge is -2.18. The van der Waals surface area contributed by atoms with Crippen molar-refractivity contribution >= 4 is 15.9 Å². The van der Waals surface area contributed by atoms with Gasteiger partial charge in [-0.1, -0.05) is 6.07 Å². The molecule has 7 heteroatoms. The van der Waals surface area contributed by atoms with Gasteiger partial charge in [-0.3, -0.25) is 11.3 Å². The summed E-state index contributed by atoms with van der Waals surface area (Å²) in [5.41, 5.74) is 3.90. The van der Waals surface area contributed by atoms with Crippen molar-refractivity contribution in [2.45, 2.75) is 32.4 Å². The van der Waals surface area contributed by atoms with E-state index in [0.29, 0.717) is 6.42 Å². The maximum Gasteiger partial charge on any atom is 0.138 e. The van der Waals surface area contributed by atoms with Gasteiger partial charge in [0.1, 0.15) is 17.9 Å². The summed E-state index contributed by atoms with van der Waals surface area (Å²) >= 11 is 3.49. The molecule has 6 nitrogen and oxygen atoms in total. The molecule has 0 aliphatic carbocycles. The Morgan fingerprint density at radius 2 is 2.19 bits per heavy atom. The van der Waals surface area contributed by atoms with Crippen molar-refractivity contribution < 1.29 is 4.74 Å². The highest BCUT2D eigenvalue weighted by atomic mass is 79.9. The quantitative estimate of drug-likeness (QED) is 0.615. The number of hydrogen-bond donors (Lipinski definition) is 2. The van der Waals surface area contributed by atoms with Crippen molar-refractivity contribution in [3.05, 3.63) is 40.4 Å². The molecule has 0 radical (unpaired) electrons. The summed E-state index contributed by atoms with van der Waals surface area (Å²) in [4.78, 5) is 4.33. The first kappa shape index (κ1) is 15.9. The monoisotopic (exact) mass is 353 g/mol. The zero-order valence-corrected chi connectivity index (χ0v) is 14.0. The summed E-state index contributed by atoms with van der Waals surface area (Å²) in [5.74, 6) is 7.41. The average Bonchev–Trinajstić information content (AvgIpc) is 2.93. The topological polar surface area (TPSA) is 78.0 Å². The zero-order chi connectivity index (χ0) is 15.4. The molecule has 0 amide bonds.